The Kier molecular flexibility index (Phi) is 5.69. The van der Waals surface area contributed by atoms with E-state index in [1.54, 1.807) is 6.92 Å². The molecule has 0 spiro atoms. The van der Waals surface area contributed by atoms with E-state index in [2.05, 4.69) is 15.6 Å². The molecule has 0 fully saturated rings. The molecule has 0 bridgehead atoms. The summed E-state index contributed by atoms with van der Waals surface area (Å²) >= 11 is 0. The second-order valence-electron chi connectivity index (χ2n) is 6.35. The summed E-state index contributed by atoms with van der Waals surface area (Å²) in [6.45, 7) is 2.15. The van der Waals surface area contributed by atoms with Crippen LogP contribution >= 0.6 is 0 Å². The number of carbonyl (C=O) groups excluding carboxylic acids is 2. The highest BCUT2D eigenvalue weighted by atomic mass is 16.2. The Labute approximate surface area is 152 Å². The second-order valence-corrected chi connectivity index (χ2v) is 6.35. The lowest BCUT2D eigenvalue weighted by Gasteiger charge is -2.14. The SMILES string of the molecule is CC(NC(=O)CCc1c[nH]c2ccccc12)C(=O)NCc1ccccc1. The molecule has 3 rings (SSSR count). The van der Waals surface area contributed by atoms with Gasteiger partial charge in [0.25, 0.3) is 0 Å². The minimum atomic E-state index is -0.561. The van der Waals surface area contributed by atoms with Gasteiger partial charge < -0.3 is 15.6 Å². The second kappa shape index (κ2) is 8.34. The summed E-state index contributed by atoms with van der Waals surface area (Å²) in [6.07, 6.45) is 2.92. The summed E-state index contributed by atoms with van der Waals surface area (Å²) < 4.78 is 0. The lowest BCUT2D eigenvalue weighted by Crippen LogP contribution is -2.44. The lowest BCUT2D eigenvalue weighted by atomic mass is 10.1. The van der Waals surface area contributed by atoms with Gasteiger partial charge in [-0.3, -0.25) is 9.59 Å². The number of fused-ring (bicyclic) bond motifs is 1. The number of rotatable bonds is 7. The normalized spacial score (nSPS) is 11.9. The zero-order valence-electron chi connectivity index (χ0n) is 14.8. The maximum absolute atomic E-state index is 12.2. The van der Waals surface area contributed by atoms with Crippen molar-refractivity contribution < 1.29 is 9.59 Å². The minimum Gasteiger partial charge on any atom is -0.361 e. The van der Waals surface area contributed by atoms with Crippen molar-refractivity contribution in [3.05, 3.63) is 71.9 Å². The molecule has 1 heterocycles. The number of aromatic nitrogens is 1. The lowest BCUT2D eigenvalue weighted by molar-refractivity contribution is -0.128. The van der Waals surface area contributed by atoms with Crippen LogP contribution in [0.4, 0.5) is 0 Å². The zero-order chi connectivity index (χ0) is 18.4. The van der Waals surface area contributed by atoms with Crippen molar-refractivity contribution in [2.45, 2.75) is 32.4 Å². The Bertz CT molecular complexity index is 886. The van der Waals surface area contributed by atoms with E-state index in [0.717, 1.165) is 22.0 Å². The molecule has 5 nitrogen and oxygen atoms in total. The van der Waals surface area contributed by atoms with E-state index in [1.165, 1.54) is 0 Å². The highest BCUT2D eigenvalue weighted by molar-refractivity contribution is 5.88. The number of hydrogen-bond donors (Lipinski definition) is 3. The fourth-order valence-electron chi connectivity index (χ4n) is 2.90. The van der Waals surface area contributed by atoms with Gasteiger partial charge in [0.05, 0.1) is 0 Å². The monoisotopic (exact) mass is 349 g/mol. The van der Waals surface area contributed by atoms with E-state index in [-0.39, 0.29) is 11.8 Å². The fraction of sp³-hybridized carbons (Fsp3) is 0.238. The molecule has 3 aromatic rings. The largest absolute Gasteiger partial charge is 0.361 e. The molecule has 3 N–H and O–H groups in total. The molecule has 1 unspecified atom stereocenters. The summed E-state index contributed by atoms with van der Waals surface area (Å²) in [7, 11) is 0. The van der Waals surface area contributed by atoms with Gasteiger partial charge in [-0.2, -0.15) is 0 Å². The molecule has 2 aromatic carbocycles. The third kappa shape index (κ3) is 4.51. The molecule has 0 aliphatic heterocycles. The topological polar surface area (TPSA) is 74.0 Å². The van der Waals surface area contributed by atoms with E-state index in [9.17, 15) is 9.59 Å². The number of benzene rings is 2. The number of nitrogens with one attached hydrogen (secondary N) is 3. The van der Waals surface area contributed by atoms with Crippen LogP contribution in [0.1, 0.15) is 24.5 Å². The van der Waals surface area contributed by atoms with E-state index < -0.39 is 6.04 Å². The number of para-hydroxylation sites is 1. The fourth-order valence-corrected chi connectivity index (χ4v) is 2.90. The van der Waals surface area contributed by atoms with Gasteiger partial charge in [0.15, 0.2) is 0 Å². The Morgan fingerprint density at radius 3 is 2.58 bits per heavy atom. The third-order valence-corrected chi connectivity index (χ3v) is 4.38. The minimum absolute atomic E-state index is 0.127. The van der Waals surface area contributed by atoms with Crippen molar-refractivity contribution >= 4 is 22.7 Å². The van der Waals surface area contributed by atoms with Crippen LogP contribution in [0.25, 0.3) is 10.9 Å². The molecule has 0 radical (unpaired) electrons. The first-order valence-electron chi connectivity index (χ1n) is 8.79. The van der Waals surface area contributed by atoms with Gasteiger partial charge in [-0.25, -0.2) is 0 Å². The predicted octanol–water partition coefficient (Wildman–Crippen LogP) is 2.92. The van der Waals surface area contributed by atoms with Crippen LogP contribution in [0.5, 0.6) is 0 Å². The van der Waals surface area contributed by atoms with Crippen molar-refractivity contribution in [1.29, 1.82) is 0 Å². The van der Waals surface area contributed by atoms with Gasteiger partial charge in [0, 0.05) is 30.1 Å². The molecule has 1 aromatic heterocycles. The first kappa shape index (κ1) is 17.7. The Hall–Kier alpha value is -3.08. The molecule has 0 saturated carbocycles. The van der Waals surface area contributed by atoms with E-state index in [4.69, 9.17) is 0 Å². The van der Waals surface area contributed by atoms with Gasteiger partial charge in [-0.05, 0) is 30.5 Å². The van der Waals surface area contributed by atoms with Gasteiger partial charge in [-0.1, -0.05) is 48.5 Å². The van der Waals surface area contributed by atoms with Crippen LogP contribution in [-0.4, -0.2) is 22.8 Å². The van der Waals surface area contributed by atoms with E-state index in [0.29, 0.717) is 19.4 Å². The first-order valence-corrected chi connectivity index (χ1v) is 8.79. The van der Waals surface area contributed by atoms with E-state index >= 15 is 0 Å². The summed E-state index contributed by atoms with van der Waals surface area (Å²) in [5.74, 6) is -0.313. The van der Waals surface area contributed by atoms with Gasteiger partial charge in [0.2, 0.25) is 11.8 Å². The predicted molar refractivity (Wildman–Crippen MR) is 103 cm³/mol. The van der Waals surface area contributed by atoms with Crippen LogP contribution in [0.15, 0.2) is 60.8 Å². The van der Waals surface area contributed by atoms with Crippen molar-refractivity contribution in [1.82, 2.24) is 15.6 Å². The van der Waals surface area contributed by atoms with Crippen molar-refractivity contribution in [3.63, 3.8) is 0 Å². The van der Waals surface area contributed by atoms with Gasteiger partial charge in [0.1, 0.15) is 6.04 Å². The average Bonchev–Trinajstić information content (AvgIpc) is 3.08. The number of aryl methyl sites for hydroxylation is 1. The number of aromatic amines is 1. The van der Waals surface area contributed by atoms with Gasteiger partial charge in [-0.15, -0.1) is 0 Å². The summed E-state index contributed by atoms with van der Waals surface area (Å²) in [5.41, 5.74) is 3.20. The smallest absolute Gasteiger partial charge is 0.242 e. The molecule has 5 heteroatoms. The molecule has 26 heavy (non-hydrogen) atoms. The summed E-state index contributed by atoms with van der Waals surface area (Å²) in [5, 5.41) is 6.74. The van der Waals surface area contributed by atoms with Crippen LogP contribution in [0.2, 0.25) is 0 Å². The standard InChI is InChI=1S/C21H23N3O2/c1-15(21(26)23-13-16-7-3-2-4-8-16)24-20(25)12-11-17-14-22-19-10-6-5-9-18(17)19/h2-10,14-15,22H,11-13H2,1H3,(H,23,26)(H,24,25). The molecule has 0 aliphatic carbocycles. The summed E-state index contributed by atoms with van der Waals surface area (Å²) in [6, 6.07) is 17.1. The van der Waals surface area contributed by atoms with Crippen LogP contribution < -0.4 is 10.6 Å². The molecule has 2 amide bonds. The van der Waals surface area contributed by atoms with Crippen molar-refractivity contribution in [2.75, 3.05) is 0 Å². The first-order chi connectivity index (χ1) is 12.6. The number of amides is 2. The van der Waals surface area contributed by atoms with Crippen LogP contribution in [0.3, 0.4) is 0 Å². The summed E-state index contributed by atoms with van der Waals surface area (Å²) in [4.78, 5) is 27.5. The molecule has 0 aliphatic rings. The molecule has 0 saturated heterocycles. The van der Waals surface area contributed by atoms with Gasteiger partial charge >= 0.3 is 0 Å². The van der Waals surface area contributed by atoms with Crippen LogP contribution in [0, 0.1) is 0 Å². The third-order valence-electron chi connectivity index (χ3n) is 4.38. The van der Waals surface area contributed by atoms with E-state index in [1.807, 2.05) is 60.8 Å². The van der Waals surface area contributed by atoms with Crippen molar-refractivity contribution in [2.24, 2.45) is 0 Å². The maximum Gasteiger partial charge on any atom is 0.242 e. The number of H-pyrrole nitrogens is 1. The average molecular weight is 349 g/mol. The number of hydrogen-bond acceptors (Lipinski definition) is 2. The van der Waals surface area contributed by atoms with Crippen LogP contribution in [-0.2, 0) is 22.6 Å². The Morgan fingerprint density at radius 1 is 1.04 bits per heavy atom. The Balaban J connectivity index is 1.45. The van der Waals surface area contributed by atoms with Crippen molar-refractivity contribution in [3.8, 4) is 0 Å². The quantitative estimate of drug-likeness (QED) is 0.613. The molecular formula is C21H23N3O2. The highest BCUT2D eigenvalue weighted by Crippen LogP contribution is 2.18. The Morgan fingerprint density at radius 2 is 1.77 bits per heavy atom. The molecule has 1 atom stereocenters. The number of carbonyl (C=O) groups is 2. The maximum atomic E-state index is 12.2. The highest BCUT2D eigenvalue weighted by Gasteiger charge is 2.15. The molecule has 134 valence electrons. The molecular weight excluding hydrogens is 326 g/mol. The zero-order valence-corrected chi connectivity index (χ0v) is 14.8.